The lowest BCUT2D eigenvalue weighted by Crippen LogP contribution is -2.24. The second kappa shape index (κ2) is 10.5. The minimum absolute atomic E-state index is 0.163. The van der Waals surface area contributed by atoms with Crippen molar-refractivity contribution in [1.29, 1.82) is 0 Å². The van der Waals surface area contributed by atoms with Gasteiger partial charge in [-0.3, -0.25) is 4.79 Å². The van der Waals surface area contributed by atoms with Crippen LogP contribution in [0.2, 0.25) is 0 Å². The molecular formula is C25H25FN2O4. The van der Waals surface area contributed by atoms with Crippen LogP contribution in [0.5, 0.6) is 5.75 Å². The quantitative estimate of drug-likeness (QED) is 0.509. The number of nitrogens with one attached hydrogen (secondary N) is 1. The Morgan fingerprint density at radius 1 is 1.09 bits per heavy atom. The molecule has 0 aliphatic rings. The van der Waals surface area contributed by atoms with Gasteiger partial charge in [0.15, 0.2) is 0 Å². The van der Waals surface area contributed by atoms with E-state index in [9.17, 15) is 14.0 Å². The molecule has 0 saturated heterocycles. The fourth-order valence-corrected chi connectivity index (χ4v) is 3.32. The summed E-state index contributed by atoms with van der Waals surface area (Å²) >= 11 is 0. The Kier molecular flexibility index (Phi) is 7.54. The van der Waals surface area contributed by atoms with Crippen molar-refractivity contribution < 1.29 is 23.8 Å². The Morgan fingerprint density at radius 2 is 1.84 bits per heavy atom. The van der Waals surface area contributed by atoms with Crippen molar-refractivity contribution in [3.63, 3.8) is 0 Å². The SMILES string of the molecule is COc1cccc(CNC(=O)c2cc(C(F)CCc3ccc(C(=O)O)cc3)cc(C)n2)c1. The van der Waals surface area contributed by atoms with Crippen LogP contribution in [0.3, 0.4) is 0 Å². The number of carboxylic acid groups (broad SMARTS) is 1. The Morgan fingerprint density at radius 3 is 2.53 bits per heavy atom. The summed E-state index contributed by atoms with van der Waals surface area (Å²) in [5.74, 6) is -0.677. The summed E-state index contributed by atoms with van der Waals surface area (Å²) in [6.07, 6.45) is -0.624. The van der Waals surface area contributed by atoms with Crippen LogP contribution in [0.4, 0.5) is 4.39 Å². The minimum atomic E-state index is -1.28. The number of benzene rings is 2. The number of carbonyl (C=O) groups excluding carboxylic acids is 1. The van der Waals surface area contributed by atoms with E-state index in [1.165, 1.54) is 18.2 Å². The number of rotatable bonds is 9. The summed E-state index contributed by atoms with van der Waals surface area (Å²) in [6, 6.07) is 16.9. The van der Waals surface area contributed by atoms with E-state index in [2.05, 4.69) is 10.3 Å². The van der Waals surface area contributed by atoms with Gasteiger partial charge in [0.05, 0.1) is 12.7 Å². The van der Waals surface area contributed by atoms with Gasteiger partial charge in [-0.05, 0) is 72.9 Å². The zero-order valence-electron chi connectivity index (χ0n) is 18.0. The number of halogens is 1. The minimum Gasteiger partial charge on any atom is -0.497 e. The number of alkyl halides is 1. The highest BCUT2D eigenvalue weighted by atomic mass is 19.1. The van der Waals surface area contributed by atoms with Gasteiger partial charge in [0.2, 0.25) is 0 Å². The predicted molar refractivity (Wildman–Crippen MR) is 119 cm³/mol. The molecule has 166 valence electrons. The first-order valence-corrected chi connectivity index (χ1v) is 10.2. The van der Waals surface area contributed by atoms with Crippen molar-refractivity contribution in [1.82, 2.24) is 10.3 Å². The average Bonchev–Trinajstić information content (AvgIpc) is 2.80. The maximum atomic E-state index is 14.9. The van der Waals surface area contributed by atoms with Crippen LogP contribution in [0.15, 0.2) is 60.7 Å². The largest absolute Gasteiger partial charge is 0.497 e. The molecule has 3 aromatic rings. The van der Waals surface area contributed by atoms with E-state index in [0.29, 0.717) is 30.0 Å². The standard InChI is InChI=1S/C25H25FN2O4/c1-16-12-20(22(26)11-8-17-6-9-19(10-7-17)25(30)31)14-23(28-16)24(29)27-15-18-4-3-5-21(13-18)32-2/h3-7,9-10,12-14,22H,8,11,15H2,1-2H3,(H,27,29)(H,30,31). The monoisotopic (exact) mass is 436 g/mol. The van der Waals surface area contributed by atoms with Crippen LogP contribution in [0.25, 0.3) is 0 Å². The van der Waals surface area contributed by atoms with Gasteiger partial charge in [-0.1, -0.05) is 24.3 Å². The molecule has 3 rings (SSSR count). The molecule has 6 nitrogen and oxygen atoms in total. The van der Waals surface area contributed by atoms with Gasteiger partial charge in [0.1, 0.15) is 17.6 Å². The molecule has 0 aliphatic heterocycles. The van der Waals surface area contributed by atoms with Crippen LogP contribution in [0, 0.1) is 6.92 Å². The molecule has 0 saturated carbocycles. The van der Waals surface area contributed by atoms with E-state index in [-0.39, 0.29) is 23.6 Å². The molecule has 0 fully saturated rings. The molecule has 1 unspecified atom stereocenters. The molecule has 0 aliphatic carbocycles. The van der Waals surface area contributed by atoms with Crippen molar-refractivity contribution in [3.8, 4) is 5.75 Å². The molecular weight excluding hydrogens is 411 g/mol. The van der Waals surface area contributed by atoms with Crippen LogP contribution in [-0.2, 0) is 13.0 Å². The molecule has 1 atom stereocenters. The van der Waals surface area contributed by atoms with Gasteiger partial charge in [-0.15, -0.1) is 0 Å². The number of methoxy groups -OCH3 is 1. The molecule has 0 spiro atoms. The Balaban J connectivity index is 1.63. The lowest BCUT2D eigenvalue weighted by molar-refractivity contribution is 0.0696. The number of hydrogen-bond donors (Lipinski definition) is 2. The van der Waals surface area contributed by atoms with Gasteiger partial charge < -0.3 is 15.2 Å². The van der Waals surface area contributed by atoms with Gasteiger partial charge in [0, 0.05) is 12.2 Å². The third kappa shape index (κ3) is 6.14. The molecule has 32 heavy (non-hydrogen) atoms. The summed E-state index contributed by atoms with van der Waals surface area (Å²) < 4.78 is 20.1. The van der Waals surface area contributed by atoms with E-state index in [4.69, 9.17) is 9.84 Å². The smallest absolute Gasteiger partial charge is 0.335 e. The highest BCUT2D eigenvalue weighted by molar-refractivity contribution is 5.92. The number of amides is 1. The van der Waals surface area contributed by atoms with Crippen molar-refractivity contribution in [2.75, 3.05) is 7.11 Å². The summed E-state index contributed by atoms with van der Waals surface area (Å²) in [6.45, 7) is 2.02. The number of pyridine rings is 1. The Labute approximate surface area is 186 Å². The van der Waals surface area contributed by atoms with Crippen molar-refractivity contribution in [2.45, 2.75) is 32.5 Å². The summed E-state index contributed by atoms with van der Waals surface area (Å²) in [5.41, 5.74) is 3.03. The molecule has 1 heterocycles. The molecule has 1 amide bonds. The number of carbonyl (C=O) groups is 2. The number of nitrogens with zero attached hydrogens (tertiary/aromatic N) is 1. The zero-order chi connectivity index (χ0) is 23.1. The number of aromatic nitrogens is 1. The first-order valence-electron chi connectivity index (χ1n) is 10.2. The topological polar surface area (TPSA) is 88.5 Å². The van der Waals surface area contributed by atoms with Gasteiger partial charge in [-0.2, -0.15) is 0 Å². The Hall–Kier alpha value is -3.74. The maximum Gasteiger partial charge on any atom is 0.335 e. The third-order valence-electron chi connectivity index (χ3n) is 5.04. The van der Waals surface area contributed by atoms with E-state index < -0.39 is 12.1 Å². The lowest BCUT2D eigenvalue weighted by Gasteiger charge is -2.12. The van der Waals surface area contributed by atoms with Gasteiger partial charge >= 0.3 is 5.97 Å². The Bertz CT molecular complexity index is 1100. The number of aromatic carboxylic acids is 1. The predicted octanol–water partition coefficient (Wildman–Crippen LogP) is 4.67. The molecule has 1 aromatic heterocycles. The maximum absolute atomic E-state index is 14.9. The normalized spacial score (nSPS) is 11.6. The number of carboxylic acids is 1. The molecule has 2 aromatic carbocycles. The third-order valence-corrected chi connectivity index (χ3v) is 5.04. The second-order valence-electron chi connectivity index (χ2n) is 7.47. The van der Waals surface area contributed by atoms with Crippen LogP contribution < -0.4 is 10.1 Å². The average molecular weight is 436 g/mol. The van der Waals surface area contributed by atoms with Gasteiger partial charge in [0.25, 0.3) is 5.91 Å². The van der Waals surface area contributed by atoms with Crippen LogP contribution in [0.1, 0.15) is 55.8 Å². The molecule has 7 heteroatoms. The number of aryl methyl sites for hydroxylation is 2. The van der Waals surface area contributed by atoms with E-state index in [1.807, 2.05) is 24.3 Å². The number of hydrogen-bond acceptors (Lipinski definition) is 4. The second-order valence-corrected chi connectivity index (χ2v) is 7.47. The first-order chi connectivity index (χ1) is 15.4. The van der Waals surface area contributed by atoms with E-state index in [1.54, 1.807) is 32.2 Å². The van der Waals surface area contributed by atoms with Crippen molar-refractivity contribution in [2.24, 2.45) is 0 Å². The summed E-state index contributed by atoms with van der Waals surface area (Å²) in [4.78, 5) is 27.8. The summed E-state index contributed by atoms with van der Waals surface area (Å²) in [7, 11) is 1.58. The highest BCUT2D eigenvalue weighted by Crippen LogP contribution is 2.25. The lowest BCUT2D eigenvalue weighted by atomic mass is 10.0. The summed E-state index contributed by atoms with van der Waals surface area (Å²) in [5, 5.41) is 11.8. The van der Waals surface area contributed by atoms with Crippen LogP contribution in [-0.4, -0.2) is 29.1 Å². The van der Waals surface area contributed by atoms with Crippen molar-refractivity contribution in [3.05, 3.63) is 94.3 Å². The van der Waals surface area contributed by atoms with E-state index >= 15 is 0 Å². The fourth-order valence-electron chi connectivity index (χ4n) is 3.32. The highest BCUT2D eigenvalue weighted by Gasteiger charge is 2.16. The first kappa shape index (κ1) is 22.9. The van der Waals surface area contributed by atoms with Crippen LogP contribution >= 0.6 is 0 Å². The van der Waals surface area contributed by atoms with E-state index in [0.717, 1.165) is 11.1 Å². The molecule has 0 radical (unpaired) electrons. The molecule has 0 bridgehead atoms. The zero-order valence-corrected chi connectivity index (χ0v) is 18.0. The molecule has 2 N–H and O–H groups in total. The fraction of sp³-hybridized carbons (Fsp3) is 0.240. The van der Waals surface area contributed by atoms with Gasteiger partial charge in [-0.25, -0.2) is 14.2 Å². The van der Waals surface area contributed by atoms with Crippen molar-refractivity contribution >= 4 is 11.9 Å². The number of ether oxygens (including phenoxy) is 1.